The lowest BCUT2D eigenvalue weighted by atomic mass is 9.77. The Kier molecular flexibility index (Phi) is 8.30. The highest BCUT2D eigenvalue weighted by molar-refractivity contribution is 6.21. The molecule has 1 aromatic carbocycles. The second kappa shape index (κ2) is 11.4. The lowest BCUT2D eigenvalue weighted by molar-refractivity contribution is -0.137. The predicted molar refractivity (Wildman–Crippen MR) is 140 cm³/mol. The monoisotopic (exact) mass is 479 g/mol. The second-order valence-electron chi connectivity index (χ2n) is 10.8. The first kappa shape index (κ1) is 25.5. The first-order chi connectivity index (χ1) is 16.9. The predicted octanol–water partition coefficient (Wildman–Crippen LogP) is 5.86. The smallest absolute Gasteiger partial charge is 0.339 e. The van der Waals surface area contributed by atoms with Crippen LogP contribution in [0.15, 0.2) is 35.0 Å². The van der Waals surface area contributed by atoms with E-state index in [4.69, 9.17) is 10.7 Å². The summed E-state index contributed by atoms with van der Waals surface area (Å²) in [6.45, 7) is 5.20. The van der Waals surface area contributed by atoms with E-state index in [1.165, 1.54) is 24.6 Å². The molecule has 0 radical (unpaired) electrons. The molecule has 3 aliphatic rings. The fourth-order valence-corrected chi connectivity index (χ4v) is 6.04. The molecule has 35 heavy (non-hydrogen) atoms. The standard InChI is InChI=1S/C29H41N3O3/c1-3-4-9-25-10-6-13-32(25)28(33)22-8-5-7-21(16-22)23-14-19(2)15-24(17-23)31-27(20-11-12-20)26(18-30)29(34)35/h14-15,17-18,20-22,25H,3-13,16,30H2,1-2H3,(H,34,35)/b26-18+,31-27?/t21-,22?,25?/m0/s1. The number of aryl methyl sites for hydroxylation is 1. The summed E-state index contributed by atoms with van der Waals surface area (Å²) in [7, 11) is 0. The molecule has 4 rings (SSSR count). The molecule has 1 amide bonds. The van der Waals surface area contributed by atoms with Gasteiger partial charge in [-0.05, 0) is 87.5 Å². The normalized spacial score (nSPS) is 25.7. The number of carboxylic acids is 1. The molecule has 1 heterocycles. The number of hydrogen-bond donors (Lipinski definition) is 2. The number of nitrogens with two attached hydrogens (primary N) is 1. The molecule has 1 aliphatic heterocycles. The molecule has 6 heteroatoms. The molecule has 6 nitrogen and oxygen atoms in total. The van der Waals surface area contributed by atoms with Crippen molar-refractivity contribution in [2.45, 2.75) is 96.4 Å². The van der Waals surface area contributed by atoms with E-state index in [1.807, 2.05) is 6.07 Å². The number of carboxylic acid groups (broad SMARTS) is 1. The summed E-state index contributed by atoms with van der Waals surface area (Å²) in [5.74, 6) is -0.0586. The summed E-state index contributed by atoms with van der Waals surface area (Å²) < 4.78 is 0. The van der Waals surface area contributed by atoms with E-state index in [2.05, 4.69) is 30.9 Å². The van der Waals surface area contributed by atoms with E-state index in [9.17, 15) is 14.7 Å². The van der Waals surface area contributed by atoms with Crippen molar-refractivity contribution in [3.05, 3.63) is 41.1 Å². The summed E-state index contributed by atoms with van der Waals surface area (Å²) in [5.41, 5.74) is 9.44. The number of carbonyl (C=O) groups excluding carboxylic acids is 1. The molecule has 1 aromatic rings. The molecule has 1 saturated heterocycles. The zero-order chi connectivity index (χ0) is 24.9. The minimum Gasteiger partial charge on any atom is -0.478 e. The molecule has 2 unspecified atom stereocenters. The van der Waals surface area contributed by atoms with Gasteiger partial charge in [0.25, 0.3) is 0 Å². The number of aliphatic imine (C=N–C) groups is 1. The topological polar surface area (TPSA) is 96.0 Å². The van der Waals surface area contributed by atoms with Gasteiger partial charge in [-0.25, -0.2) is 4.79 Å². The van der Waals surface area contributed by atoms with Crippen LogP contribution in [-0.4, -0.2) is 40.2 Å². The number of aliphatic carboxylic acids is 1. The molecule has 3 atom stereocenters. The van der Waals surface area contributed by atoms with Crippen LogP contribution in [-0.2, 0) is 9.59 Å². The maximum absolute atomic E-state index is 13.5. The number of amides is 1. The van der Waals surface area contributed by atoms with Gasteiger partial charge in [0.1, 0.15) is 0 Å². The van der Waals surface area contributed by atoms with Crippen molar-refractivity contribution in [1.82, 2.24) is 4.90 Å². The van der Waals surface area contributed by atoms with Crippen LogP contribution in [0.5, 0.6) is 0 Å². The summed E-state index contributed by atoms with van der Waals surface area (Å²) in [5, 5.41) is 9.58. The fourth-order valence-electron chi connectivity index (χ4n) is 6.04. The number of rotatable bonds is 9. The third-order valence-electron chi connectivity index (χ3n) is 8.02. The van der Waals surface area contributed by atoms with Gasteiger partial charge in [-0.1, -0.05) is 32.3 Å². The van der Waals surface area contributed by atoms with Crippen LogP contribution in [0.1, 0.15) is 94.6 Å². The highest BCUT2D eigenvalue weighted by Crippen LogP contribution is 2.40. The number of carbonyl (C=O) groups is 2. The molecule has 2 aliphatic carbocycles. The average molecular weight is 480 g/mol. The Balaban J connectivity index is 1.52. The van der Waals surface area contributed by atoms with Crippen molar-refractivity contribution >= 4 is 23.3 Å². The molecule has 2 saturated carbocycles. The van der Waals surface area contributed by atoms with Crippen LogP contribution in [0.25, 0.3) is 0 Å². The van der Waals surface area contributed by atoms with Crippen LogP contribution in [0.4, 0.5) is 5.69 Å². The summed E-state index contributed by atoms with van der Waals surface area (Å²) in [6.07, 6.45) is 12.9. The van der Waals surface area contributed by atoms with Crippen molar-refractivity contribution in [3.8, 4) is 0 Å². The Morgan fingerprint density at radius 1 is 1.11 bits per heavy atom. The number of hydrogen-bond acceptors (Lipinski definition) is 4. The highest BCUT2D eigenvalue weighted by Gasteiger charge is 2.36. The zero-order valence-corrected chi connectivity index (χ0v) is 21.3. The van der Waals surface area contributed by atoms with E-state index in [0.29, 0.717) is 23.6 Å². The van der Waals surface area contributed by atoms with Gasteiger partial charge >= 0.3 is 5.97 Å². The van der Waals surface area contributed by atoms with Crippen molar-refractivity contribution in [2.24, 2.45) is 22.6 Å². The maximum atomic E-state index is 13.5. The first-order valence-electron chi connectivity index (χ1n) is 13.6. The number of nitrogens with zero attached hydrogens (tertiary/aromatic N) is 2. The largest absolute Gasteiger partial charge is 0.478 e. The van der Waals surface area contributed by atoms with Crippen LogP contribution in [0.2, 0.25) is 0 Å². The number of likely N-dealkylation sites (tertiary alicyclic amines) is 1. The third-order valence-corrected chi connectivity index (χ3v) is 8.02. The van der Waals surface area contributed by atoms with Crippen LogP contribution in [0.3, 0.4) is 0 Å². The summed E-state index contributed by atoms with van der Waals surface area (Å²) in [4.78, 5) is 32.2. The van der Waals surface area contributed by atoms with E-state index < -0.39 is 5.97 Å². The first-order valence-corrected chi connectivity index (χ1v) is 13.6. The molecule has 3 N–H and O–H groups in total. The molecular weight excluding hydrogens is 438 g/mol. The quantitative estimate of drug-likeness (QED) is 0.342. The van der Waals surface area contributed by atoms with E-state index in [0.717, 1.165) is 75.6 Å². The minimum atomic E-state index is -1.03. The van der Waals surface area contributed by atoms with Gasteiger partial charge in [-0.15, -0.1) is 0 Å². The molecular formula is C29H41N3O3. The minimum absolute atomic E-state index is 0.0992. The molecule has 190 valence electrons. The molecule has 0 bridgehead atoms. The zero-order valence-electron chi connectivity index (χ0n) is 21.3. The lowest BCUT2D eigenvalue weighted by Crippen LogP contribution is -2.41. The van der Waals surface area contributed by atoms with Gasteiger partial charge in [0.15, 0.2) is 0 Å². The molecule has 0 aromatic heterocycles. The number of benzene rings is 1. The highest BCUT2D eigenvalue weighted by atomic mass is 16.4. The van der Waals surface area contributed by atoms with Gasteiger partial charge in [0.2, 0.25) is 5.91 Å². The maximum Gasteiger partial charge on any atom is 0.339 e. The molecule has 0 spiro atoms. The van der Waals surface area contributed by atoms with E-state index in [1.54, 1.807) is 0 Å². The van der Waals surface area contributed by atoms with Crippen LogP contribution >= 0.6 is 0 Å². The van der Waals surface area contributed by atoms with Crippen LogP contribution < -0.4 is 5.73 Å². The Labute approximate surface area is 209 Å². The van der Waals surface area contributed by atoms with Gasteiger partial charge < -0.3 is 15.7 Å². The average Bonchev–Trinajstić information content (AvgIpc) is 3.59. The van der Waals surface area contributed by atoms with Gasteiger partial charge in [-0.2, -0.15) is 0 Å². The van der Waals surface area contributed by atoms with Crippen molar-refractivity contribution in [3.63, 3.8) is 0 Å². The van der Waals surface area contributed by atoms with E-state index >= 15 is 0 Å². The summed E-state index contributed by atoms with van der Waals surface area (Å²) in [6, 6.07) is 6.76. The third kappa shape index (κ3) is 6.14. The second-order valence-corrected chi connectivity index (χ2v) is 10.8. The SMILES string of the molecule is CCCCC1CCCN1C(=O)C1CCC[C@H](c2cc(C)cc(N=C(/C(=C\N)C(=O)O)C3CC3)c2)C1. The van der Waals surface area contributed by atoms with Gasteiger partial charge in [0, 0.05) is 30.6 Å². The Bertz CT molecular complexity index is 995. The van der Waals surface area contributed by atoms with Crippen molar-refractivity contribution < 1.29 is 14.7 Å². The fraction of sp³-hybridized carbons (Fsp3) is 0.621. The number of unbranched alkanes of at least 4 members (excludes halogenated alkanes) is 1. The van der Waals surface area contributed by atoms with Gasteiger partial charge in [0.05, 0.1) is 17.0 Å². The van der Waals surface area contributed by atoms with Crippen LogP contribution in [0, 0.1) is 18.8 Å². The Morgan fingerprint density at radius 2 is 1.91 bits per heavy atom. The molecule has 3 fully saturated rings. The Hall–Kier alpha value is -2.63. The van der Waals surface area contributed by atoms with Gasteiger partial charge in [-0.3, -0.25) is 9.79 Å². The van der Waals surface area contributed by atoms with Crippen molar-refractivity contribution in [1.29, 1.82) is 0 Å². The van der Waals surface area contributed by atoms with E-state index in [-0.39, 0.29) is 17.4 Å². The van der Waals surface area contributed by atoms with Crippen molar-refractivity contribution in [2.75, 3.05) is 6.54 Å². The Morgan fingerprint density at radius 3 is 2.60 bits per heavy atom. The lowest BCUT2D eigenvalue weighted by Gasteiger charge is -2.34. The summed E-state index contributed by atoms with van der Waals surface area (Å²) >= 11 is 0.